The van der Waals surface area contributed by atoms with E-state index in [9.17, 15) is 9.59 Å². The molecule has 0 aromatic rings. The van der Waals surface area contributed by atoms with Crippen molar-refractivity contribution in [3.05, 3.63) is 11.1 Å². The third-order valence-electron chi connectivity index (χ3n) is 6.33. The molecule has 2 bridgehead atoms. The summed E-state index contributed by atoms with van der Waals surface area (Å²) in [5, 5.41) is 3.83. The van der Waals surface area contributed by atoms with Crippen LogP contribution in [0.25, 0.3) is 0 Å². The predicted octanol–water partition coefficient (Wildman–Crippen LogP) is 3.38. The molecule has 138 valence electrons. The molecule has 0 amide bonds. The average Bonchev–Trinajstić information content (AvgIpc) is 2.41. The molecular formula is C20H30N2O3. The number of hydrazone groups is 1. The van der Waals surface area contributed by atoms with Crippen molar-refractivity contribution in [2.75, 3.05) is 7.11 Å². The Morgan fingerprint density at radius 3 is 2.28 bits per heavy atom. The van der Waals surface area contributed by atoms with Crippen molar-refractivity contribution in [2.24, 2.45) is 32.6 Å². The van der Waals surface area contributed by atoms with E-state index in [2.05, 4.69) is 25.9 Å². The third-order valence-corrected chi connectivity index (χ3v) is 6.33. The van der Waals surface area contributed by atoms with Crippen molar-refractivity contribution in [2.45, 2.75) is 66.7 Å². The van der Waals surface area contributed by atoms with Crippen LogP contribution in [0.4, 0.5) is 0 Å². The fraction of sp³-hybridized carbons (Fsp3) is 0.750. The zero-order valence-electron chi connectivity index (χ0n) is 16.3. The number of carbonyl (C=O) groups excluding carboxylic acids is 2. The lowest BCUT2D eigenvalue weighted by molar-refractivity contribution is -0.161. The van der Waals surface area contributed by atoms with Crippen LogP contribution >= 0.6 is 0 Å². The monoisotopic (exact) mass is 346 g/mol. The van der Waals surface area contributed by atoms with Crippen molar-refractivity contribution >= 4 is 17.5 Å². The Morgan fingerprint density at radius 2 is 1.72 bits per heavy atom. The standard InChI is InChI=1S/C20H30N2O3/c1-17(2)9-19(5)8-12-7-18(3,4)15(22-21)14(23)13(12)20(10-17,11-19)16(24)25-6/h7-11,21H2,1-6H3/t19-,20-/m0/s1. The number of carbonyl (C=O) groups is 2. The van der Waals surface area contributed by atoms with Crippen LogP contribution in [0.5, 0.6) is 0 Å². The molecular weight excluding hydrogens is 316 g/mol. The van der Waals surface area contributed by atoms with E-state index in [-0.39, 0.29) is 22.6 Å². The molecule has 0 saturated heterocycles. The Kier molecular flexibility index (Phi) is 3.76. The minimum atomic E-state index is -0.873. The van der Waals surface area contributed by atoms with Crippen LogP contribution in [0.1, 0.15) is 66.7 Å². The van der Waals surface area contributed by atoms with Gasteiger partial charge in [0.1, 0.15) is 5.71 Å². The molecule has 1 fully saturated rings. The first-order chi connectivity index (χ1) is 11.4. The van der Waals surface area contributed by atoms with E-state index in [1.807, 2.05) is 13.8 Å². The van der Waals surface area contributed by atoms with Crippen molar-refractivity contribution < 1.29 is 14.3 Å². The van der Waals surface area contributed by atoms with Gasteiger partial charge < -0.3 is 10.6 Å². The second-order valence-electron chi connectivity index (χ2n) is 10.1. The molecule has 0 heterocycles. The van der Waals surface area contributed by atoms with Gasteiger partial charge in [-0.3, -0.25) is 9.59 Å². The van der Waals surface area contributed by atoms with Crippen molar-refractivity contribution in [3.63, 3.8) is 0 Å². The molecule has 3 rings (SSSR count). The fourth-order valence-electron chi connectivity index (χ4n) is 6.38. The van der Waals surface area contributed by atoms with E-state index in [0.29, 0.717) is 24.1 Å². The molecule has 0 aromatic heterocycles. The summed E-state index contributed by atoms with van der Waals surface area (Å²) in [4.78, 5) is 26.4. The summed E-state index contributed by atoms with van der Waals surface area (Å²) in [6, 6.07) is 0. The molecule has 3 aliphatic rings. The summed E-state index contributed by atoms with van der Waals surface area (Å²) < 4.78 is 5.23. The highest BCUT2D eigenvalue weighted by molar-refractivity contribution is 6.49. The van der Waals surface area contributed by atoms with E-state index >= 15 is 0 Å². The van der Waals surface area contributed by atoms with Gasteiger partial charge in [-0.1, -0.05) is 40.2 Å². The number of allylic oxidation sites excluding steroid dienone is 1. The maximum Gasteiger partial charge on any atom is 0.316 e. The van der Waals surface area contributed by atoms with Crippen LogP contribution in [-0.4, -0.2) is 24.6 Å². The third kappa shape index (κ3) is 2.54. The minimum absolute atomic E-state index is 0.00247. The molecule has 1 saturated carbocycles. The number of nitrogens with two attached hydrogens (primary N) is 1. The zero-order chi connectivity index (χ0) is 18.8. The topological polar surface area (TPSA) is 81.8 Å². The number of fused-ring (bicyclic) bond motifs is 3. The van der Waals surface area contributed by atoms with E-state index in [1.54, 1.807) is 0 Å². The maximum absolute atomic E-state index is 13.4. The van der Waals surface area contributed by atoms with Crippen LogP contribution < -0.4 is 5.84 Å². The van der Waals surface area contributed by atoms with Gasteiger partial charge in [-0.05, 0) is 42.9 Å². The van der Waals surface area contributed by atoms with Crippen LogP contribution in [0.15, 0.2) is 16.2 Å². The Bertz CT molecular complexity index is 716. The Balaban J connectivity index is 2.28. The molecule has 0 unspecified atom stereocenters. The van der Waals surface area contributed by atoms with Gasteiger partial charge in [-0.2, -0.15) is 5.10 Å². The number of esters is 1. The Hall–Kier alpha value is -1.65. The second kappa shape index (κ2) is 5.18. The molecule has 0 aliphatic heterocycles. The fourth-order valence-corrected chi connectivity index (χ4v) is 6.38. The smallest absolute Gasteiger partial charge is 0.316 e. The highest BCUT2D eigenvalue weighted by Crippen LogP contribution is 2.65. The van der Waals surface area contributed by atoms with Gasteiger partial charge in [-0.25, -0.2) is 0 Å². The lowest BCUT2D eigenvalue weighted by Gasteiger charge is -2.57. The summed E-state index contributed by atoms with van der Waals surface area (Å²) >= 11 is 0. The normalized spacial score (nSPS) is 37.7. The van der Waals surface area contributed by atoms with Crippen LogP contribution in [0, 0.1) is 21.7 Å². The SMILES string of the molecule is COC(=O)[C@]12CC(C)(C)C[C@](C)(CC3=C1C(=O)C(=NN)C(C)(C)C3)C2. The van der Waals surface area contributed by atoms with Crippen molar-refractivity contribution in [1.29, 1.82) is 0 Å². The molecule has 2 N–H and O–H groups in total. The Labute approximate surface area is 150 Å². The van der Waals surface area contributed by atoms with Crippen LogP contribution in [0.3, 0.4) is 0 Å². The molecule has 0 aromatic carbocycles. The molecule has 0 radical (unpaired) electrons. The van der Waals surface area contributed by atoms with E-state index in [1.165, 1.54) is 7.11 Å². The first-order valence-corrected chi connectivity index (χ1v) is 9.04. The molecule has 2 atom stereocenters. The van der Waals surface area contributed by atoms with Gasteiger partial charge in [0.25, 0.3) is 0 Å². The molecule has 3 aliphatic carbocycles. The van der Waals surface area contributed by atoms with Crippen molar-refractivity contribution in [3.8, 4) is 0 Å². The average molecular weight is 346 g/mol. The summed E-state index contributed by atoms with van der Waals surface area (Å²) in [6.45, 7) is 10.6. The number of ether oxygens (including phenoxy) is 1. The van der Waals surface area contributed by atoms with Crippen LogP contribution in [0.2, 0.25) is 0 Å². The summed E-state index contributed by atoms with van der Waals surface area (Å²) in [7, 11) is 1.42. The van der Waals surface area contributed by atoms with E-state index in [0.717, 1.165) is 24.8 Å². The van der Waals surface area contributed by atoms with E-state index in [4.69, 9.17) is 10.6 Å². The van der Waals surface area contributed by atoms with Gasteiger partial charge in [-0.15, -0.1) is 0 Å². The first-order valence-electron chi connectivity index (χ1n) is 9.04. The number of Topliss-reactive ketones (excluding diaryl/α,β-unsaturated/α-hetero) is 1. The molecule has 25 heavy (non-hydrogen) atoms. The van der Waals surface area contributed by atoms with Gasteiger partial charge in [0.05, 0.1) is 12.5 Å². The van der Waals surface area contributed by atoms with Gasteiger partial charge in [0.15, 0.2) is 0 Å². The number of hydrogen-bond acceptors (Lipinski definition) is 5. The molecule has 5 nitrogen and oxygen atoms in total. The largest absolute Gasteiger partial charge is 0.468 e. The first kappa shape index (κ1) is 18.2. The zero-order valence-corrected chi connectivity index (χ0v) is 16.3. The lowest BCUT2D eigenvalue weighted by Crippen LogP contribution is -2.56. The number of ketones is 1. The quantitative estimate of drug-likeness (QED) is 0.448. The molecule has 5 heteroatoms. The number of methoxy groups -OCH3 is 1. The number of hydrogen-bond donors (Lipinski definition) is 1. The van der Waals surface area contributed by atoms with E-state index < -0.39 is 10.8 Å². The highest BCUT2D eigenvalue weighted by atomic mass is 16.5. The van der Waals surface area contributed by atoms with Gasteiger partial charge in [0.2, 0.25) is 5.78 Å². The number of nitrogens with zero attached hydrogens (tertiary/aromatic N) is 1. The lowest BCUT2D eigenvalue weighted by atomic mass is 9.45. The van der Waals surface area contributed by atoms with Gasteiger partial charge in [0, 0.05) is 11.0 Å². The van der Waals surface area contributed by atoms with Crippen molar-refractivity contribution in [1.82, 2.24) is 0 Å². The summed E-state index contributed by atoms with van der Waals surface area (Å²) in [6.07, 6.45) is 3.92. The van der Waals surface area contributed by atoms with Crippen LogP contribution in [-0.2, 0) is 14.3 Å². The maximum atomic E-state index is 13.4. The minimum Gasteiger partial charge on any atom is -0.468 e. The second-order valence-corrected chi connectivity index (χ2v) is 10.1. The number of rotatable bonds is 1. The Morgan fingerprint density at radius 1 is 1.08 bits per heavy atom. The summed E-state index contributed by atoms with van der Waals surface area (Å²) in [5.74, 6) is 5.14. The summed E-state index contributed by atoms with van der Waals surface area (Å²) in [5.41, 5.74) is 0.809. The highest BCUT2D eigenvalue weighted by Gasteiger charge is 2.62. The predicted molar refractivity (Wildman–Crippen MR) is 96.9 cm³/mol. The van der Waals surface area contributed by atoms with Gasteiger partial charge >= 0.3 is 5.97 Å². The molecule has 0 spiro atoms.